The van der Waals surface area contributed by atoms with Gasteiger partial charge in [0, 0.05) is 10.6 Å². The molecule has 1 aromatic rings. The van der Waals surface area contributed by atoms with E-state index in [1.54, 1.807) is 0 Å². The van der Waals surface area contributed by atoms with Crippen LogP contribution in [-0.4, -0.2) is 0 Å². The van der Waals surface area contributed by atoms with E-state index in [1.165, 1.54) is 18.2 Å². The Morgan fingerprint density at radius 1 is 1.46 bits per heavy atom. The summed E-state index contributed by atoms with van der Waals surface area (Å²) in [5.41, 5.74) is 9.69. The molecule has 1 aliphatic rings. The molecule has 0 spiro atoms. The minimum Gasteiger partial charge on any atom is -0.207 e. The van der Waals surface area contributed by atoms with Gasteiger partial charge in [-0.15, -0.1) is 0 Å². The average Bonchev–Trinajstić information content (AvgIpc) is 2.91. The zero-order valence-corrected chi connectivity index (χ0v) is 6.94. The van der Waals surface area contributed by atoms with Crippen molar-refractivity contribution < 1.29 is 4.39 Å². The van der Waals surface area contributed by atoms with E-state index in [9.17, 15) is 4.39 Å². The van der Waals surface area contributed by atoms with Crippen molar-refractivity contribution in [3.05, 3.63) is 40.0 Å². The molecule has 0 unspecified atom stereocenters. The van der Waals surface area contributed by atoms with Gasteiger partial charge in [0.25, 0.3) is 0 Å². The highest BCUT2D eigenvalue weighted by atomic mass is 19.1. The second-order valence-corrected chi connectivity index (χ2v) is 3.17. The molecule has 1 saturated carbocycles. The van der Waals surface area contributed by atoms with E-state index < -0.39 is 0 Å². The van der Waals surface area contributed by atoms with Crippen molar-refractivity contribution in [3.63, 3.8) is 0 Å². The Balaban J connectivity index is 2.47. The zero-order valence-electron chi connectivity index (χ0n) is 6.94. The summed E-state index contributed by atoms with van der Waals surface area (Å²) in [7, 11) is 0. The molecule has 0 N–H and O–H groups in total. The van der Waals surface area contributed by atoms with Crippen molar-refractivity contribution in [2.45, 2.75) is 18.8 Å². The van der Waals surface area contributed by atoms with E-state index >= 15 is 0 Å². The smallest absolute Gasteiger partial charge is 0.123 e. The summed E-state index contributed by atoms with van der Waals surface area (Å²) in [6.07, 6.45) is 2.13. The van der Waals surface area contributed by atoms with Crippen LogP contribution in [0.3, 0.4) is 0 Å². The number of azide groups is 1. The maximum absolute atomic E-state index is 12.8. The Morgan fingerprint density at radius 2 is 2.23 bits per heavy atom. The van der Waals surface area contributed by atoms with Gasteiger partial charge >= 0.3 is 0 Å². The Labute approximate surface area is 74.8 Å². The Hall–Kier alpha value is -1.54. The van der Waals surface area contributed by atoms with Crippen LogP contribution in [0, 0.1) is 5.82 Å². The predicted octanol–water partition coefficient (Wildman–Crippen LogP) is 3.64. The van der Waals surface area contributed by atoms with Gasteiger partial charge in [-0.3, -0.25) is 0 Å². The van der Waals surface area contributed by atoms with Crippen LogP contribution in [0.15, 0.2) is 23.3 Å². The van der Waals surface area contributed by atoms with Gasteiger partial charge in [0.1, 0.15) is 5.82 Å². The molecular formula is C9H8FN3. The third-order valence-corrected chi connectivity index (χ3v) is 2.16. The van der Waals surface area contributed by atoms with Crippen LogP contribution in [-0.2, 0) is 0 Å². The number of nitrogens with zero attached hydrogens (tertiary/aromatic N) is 3. The van der Waals surface area contributed by atoms with Crippen molar-refractivity contribution in [3.8, 4) is 0 Å². The number of rotatable bonds is 2. The van der Waals surface area contributed by atoms with Gasteiger partial charge in [-0.1, -0.05) is 5.11 Å². The van der Waals surface area contributed by atoms with Gasteiger partial charge in [-0.2, -0.15) is 0 Å². The summed E-state index contributed by atoms with van der Waals surface area (Å²) in [4.78, 5) is 2.71. The maximum atomic E-state index is 12.8. The topological polar surface area (TPSA) is 48.8 Å². The second-order valence-electron chi connectivity index (χ2n) is 3.17. The fourth-order valence-corrected chi connectivity index (χ4v) is 1.39. The number of halogens is 1. The lowest BCUT2D eigenvalue weighted by Crippen LogP contribution is -1.82. The number of hydrogen-bond acceptors (Lipinski definition) is 1. The molecule has 0 radical (unpaired) electrons. The van der Waals surface area contributed by atoms with Crippen LogP contribution < -0.4 is 0 Å². The molecule has 13 heavy (non-hydrogen) atoms. The third kappa shape index (κ3) is 1.63. The minimum absolute atomic E-state index is 0.265. The maximum Gasteiger partial charge on any atom is 0.123 e. The molecule has 4 heteroatoms. The molecule has 0 amide bonds. The highest BCUT2D eigenvalue weighted by Crippen LogP contribution is 2.44. The van der Waals surface area contributed by atoms with Gasteiger partial charge in [-0.25, -0.2) is 4.39 Å². The van der Waals surface area contributed by atoms with Gasteiger partial charge in [0.15, 0.2) is 0 Å². The van der Waals surface area contributed by atoms with Gasteiger partial charge in [0.2, 0.25) is 0 Å². The molecule has 1 aromatic carbocycles. The fourth-order valence-electron chi connectivity index (χ4n) is 1.39. The van der Waals surface area contributed by atoms with Crippen LogP contribution in [0.1, 0.15) is 24.3 Å². The van der Waals surface area contributed by atoms with Crippen molar-refractivity contribution in [1.29, 1.82) is 0 Å². The molecule has 0 aliphatic heterocycles. The van der Waals surface area contributed by atoms with Gasteiger partial charge < -0.3 is 0 Å². The van der Waals surface area contributed by atoms with Crippen molar-refractivity contribution in [1.82, 2.24) is 0 Å². The molecule has 1 aliphatic carbocycles. The first-order valence-electron chi connectivity index (χ1n) is 4.16. The Bertz CT molecular complexity index is 378. The lowest BCUT2D eigenvalue weighted by atomic mass is 10.1. The van der Waals surface area contributed by atoms with E-state index in [2.05, 4.69) is 10.0 Å². The van der Waals surface area contributed by atoms with Crippen LogP contribution >= 0.6 is 0 Å². The van der Waals surface area contributed by atoms with Crippen molar-refractivity contribution in [2.75, 3.05) is 0 Å². The quantitative estimate of drug-likeness (QED) is 0.376. The highest BCUT2D eigenvalue weighted by molar-refractivity contribution is 5.49. The van der Waals surface area contributed by atoms with Crippen LogP contribution in [0.4, 0.5) is 10.1 Å². The summed E-state index contributed by atoms with van der Waals surface area (Å²) in [6, 6.07) is 4.31. The van der Waals surface area contributed by atoms with Gasteiger partial charge in [-0.05, 0) is 48.1 Å². The third-order valence-electron chi connectivity index (χ3n) is 2.16. The van der Waals surface area contributed by atoms with E-state index in [0.29, 0.717) is 11.6 Å². The van der Waals surface area contributed by atoms with E-state index in [0.717, 1.165) is 18.4 Å². The van der Waals surface area contributed by atoms with Crippen LogP contribution in [0.2, 0.25) is 0 Å². The zero-order chi connectivity index (χ0) is 9.26. The Kier molecular flexibility index (Phi) is 1.91. The molecule has 1 fully saturated rings. The van der Waals surface area contributed by atoms with Crippen molar-refractivity contribution in [2.24, 2.45) is 5.11 Å². The summed E-state index contributed by atoms with van der Waals surface area (Å²) >= 11 is 0. The number of hydrogen-bond donors (Lipinski definition) is 0. The summed E-state index contributed by atoms with van der Waals surface area (Å²) in [5, 5.41) is 3.52. The molecule has 2 rings (SSSR count). The average molecular weight is 177 g/mol. The second kappa shape index (κ2) is 3.07. The molecule has 0 atom stereocenters. The predicted molar refractivity (Wildman–Crippen MR) is 47.2 cm³/mol. The minimum atomic E-state index is -0.265. The molecule has 0 bridgehead atoms. The molecule has 0 heterocycles. The lowest BCUT2D eigenvalue weighted by molar-refractivity contribution is 0.625. The van der Waals surface area contributed by atoms with Crippen molar-refractivity contribution >= 4 is 5.69 Å². The first kappa shape index (κ1) is 8.08. The monoisotopic (exact) mass is 177 g/mol. The van der Waals surface area contributed by atoms with E-state index in [4.69, 9.17) is 5.53 Å². The molecule has 3 nitrogen and oxygen atoms in total. The number of benzene rings is 1. The molecular weight excluding hydrogens is 169 g/mol. The molecule has 0 saturated heterocycles. The summed E-state index contributed by atoms with van der Waals surface area (Å²) in [5.74, 6) is 0.134. The van der Waals surface area contributed by atoms with E-state index in [1.807, 2.05) is 0 Å². The normalized spacial score (nSPS) is 15.2. The largest absolute Gasteiger partial charge is 0.207 e. The van der Waals surface area contributed by atoms with Crippen LogP contribution in [0.25, 0.3) is 10.4 Å². The highest BCUT2D eigenvalue weighted by Gasteiger charge is 2.25. The summed E-state index contributed by atoms with van der Waals surface area (Å²) in [6.45, 7) is 0. The fraction of sp³-hybridized carbons (Fsp3) is 0.333. The summed E-state index contributed by atoms with van der Waals surface area (Å²) < 4.78 is 12.8. The van der Waals surface area contributed by atoms with E-state index in [-0.39, 0.29) is 5.82 Å². The van der Waals surface area contributed by atoms with Crippen LogP contribution in [0.5, 0.6) is 0 Å². The Morgan fingerprint density at radius 3 is 2.85 bits per heavy atom. The first-order chi connectivity index (χ1) is 6.31. The standard InChI is InChI=1S/C9H8FN3/c10-7-3-4-9(12-13-11)8(5-7)6-1-2-6/h3-6H,1-2H2. The molecule has 66 valence electrons. The first-order valence-corrected chi connectivity index (χ1v) is 4.16. The lowest BCUT2D eigenvalue weighted by Gasteiger charge is -2.02. The molecule has 0 aromatic heterocycles. The van der Waals surface area contributed by atoms with Gasteiger partial charge in [0.05, 0.1) is 0 Å². The SMILES string of the molecule is [N-]=[N+]=Nc1ccc(F)cc1C1CC1.